The SMILES string of the molecule is CCN(C1CCC(N)CC1)C1CCCC(C(C)C)C1. The molecule has 112 valence electrons. The quantitative estimate of drug-likeness (QED) is 0.839. The van der Waals surface area contributed by atoms with Gasteiger partial charge in [0.2, 0.25) is 0 Å². The van der Waals surface area contributed by atoms with Gasteiger partial charge in [-0.15, -0.1) is 0 Å². The Morgan fingerprint density at radius 1 is 1.00 bits per heavy atom. The van der Waals surface area contributed by atoms with E-state index in [0.29, 0.717) is 6.04 Å². The van der Waals surface area contributed by atoms with Gasteiger partial charge in [-0.05, 0) is 56.9 Å². The number of hydrogen-bond acceptors (Lipinski definition) is 2. The highest BCUT2D eigenvalue weighted by molar-refractivity contribution is 4.88. The molecule has 0 aliphatic heterocycles. The standard InChI is InChI=1S/C17H34N2/c1-4-19(16-10-8-15(18)9-11-16)17-7-5-6-14(12-17)13(2)3/h13-17H,4-12,18H2,1-3H3. The zero-order valence-corrected chi connectivity index (χ0v) is 13.3. The molecule has 0 bridgehead atoms. The summed E-state index contributed by atoms with van der Waals surface area (Å²) in [5, 5.41) is 0. The molecule has 0 aromatic carbocycles. The van der Waals surface area contributed by atoms with Crippen molar-refractivity contribution in [1.29, 1.82) is 0 Å². The largest absolute Gasteiger partial charge is 0.328 e. The summed E-state index contributed by atoms with van der Waals surface area (Å²) in [7, 11) is 0. The molecule has 2 atom stereocenters. The normalized spacial score (nSPS) is 36.9. The summed E-state index contributed by atoms with van der Waals surface area (Å²) < 4.78 is 0. The lowest BCUT2D eigenvalue weighted by Crippen LogP contribution is -2.48. The first-order valence-corrected chi connectivity index (χ1v) is 8.63. The van der Waals surface area contributed by atoms with E-state index in [1.165, 1.54) is 57.9 Å². The van der Waals surface area contributed by atoms with Crippen LogP contribution in [0, 0.1) is 11.8 Å². The average molecular weight is 266 g/mol. The van der Waals surface area contributed by atoms with Crippen molar-refractivity contribution in [3.8, 4) is 0 Å². The summed E-state index contributed by atoms with van der Waals surface area (Å²) in [6.07, 6.45) is 10.9. The second-order valence-corrected chi connectivity index (χ2v) is 7.22. The summed E-state index contributed by atoms with van der Waals surface area (Å²) in [5.41, 5.74) is 6.06. The Morgan fingerprint density at radius 2 is 1.68 bits per heavy atom. The van der Waals surface area contributed by atoms with Gasteiger partial charge in [0, 0.05) is 18.1 Å². The number of nitrogens with two attached hydrogens (primary N) is 1. The molecule has 2 N–H and O–H groups in total. The summed E-state index contributed by atoms with van der Waals surface area (Å²) in [6.45, 7) is 8.40. The van der Waals surface area contributed by atoms with E-state index in [1.807, 2.05) is 0 Å². The van der Waals surface area contributed by atoms with Crippen molar-refractivity contribution in [2.24, 2.45) is 17.6 Å². The van der Waals surface area contributed by atoms with Gasteiger partial charge in [-0.1, -0.05) is 33.6 Å². The maximum Gasteiger partial charge on any atom is 0.0101 e. The van der Waals surface area contributed by atoms with Crippen LogP contribution in [-0.2, 0) is 0 Å². The minimum absolute atomic E-state index is 0.477. The van der Waals surface area contributed by atoms with E-state index in [1.54, 1.807) is 0 Å². The third kappa shape index (κ3) is 3.95. The molecule has 0 amide bonds. The van der Waals surface area contributed by atoms with Crippen molar-refractivity contribution >= 4 is 0 Å². The molecule has 2 aliphatic rings. The molecule has 0 saturated heterocycles. The lowest BCUT2D eigenvalue weighted by Gasteiger charge is -2.44. The van der Waals surface area contributed by atoms with Crippen LogP contribution in [0.15, 0.2) is 0 Å². The Morgan fingerprint density at radius 3 is 2.26 bits per heavy atom. The van der Waals surface area contributed by atoms with Crippen molar-refractivity contribution < 1.29 is 0 Å². The molecular weight excluding hydrogens is 232 g/mol. The summed E-state index contributed by atoms with van der Waals surface area (Å²) in [6, 6.07) is 2.15. The molecule has 2 unspecified atom stereocenters. The molecule has 0 spiro atoms. The Balaban J connectivity index is 1.93. The predicted octanol–water partition coefficient (Wildman–Crippen LogP) is 3.79. The fourth-order valence-corrected chi connectivity index (χ4v) is 4.36. The lowest BCUT2D eigenvalue weighted by atomic mass is 9.78. The molecule has 0 aromatic heterocycles. The van der Waals surface area contributed by atoms with Crippen LogP contribution in [0.2, 0.25) is 0 Å². The first-order chi connectivity index (χ1) is 9.11. The van der Waals surface area contributed by atoms with Crippen LogP contribution in [0.5, 0.6) is 0 Å². The van der Waals surface area contributed by atoms with Crippen LogP contribution in [0.3, 0.4) is 0 Å². The van der Waals surface area contributed by atoms with Crippen molar-refractivity contribution in [1.82, 2.24) is 4.90 Å². The summed E-state index contributed by atoms with van der Waals surface area (Å²) in [4.78, 5) is 2.83. The fourth-order valence-electron chi connectivity index (χ4n) is 4.36. The van der Waals surface area contributed by atoms with Gasteiger partial charge in [-0.3, -0.25) is 4.90 Å². The molecule has 2 heteroatoms. The van der Waals surface area contributed by atoms with Gasteiger partial charge in [0.25, 0.3) is 0 Å². The molecule has 2 nitrogen and oxygen atoms in total. The third-order valence-electron chi connectivity index (χ3n) is 5.67. The Labute approximate surface area is 120 Å². The number of hydrogen-bond donors (Lipinski definition) is 1. The maximum absolute atomic E-state index is 6.06. The second-order valence-electron chi connectivity index (χ2n) is 7.22. The molecule has 2 aliphatic carbocycles. The first-order valence-electron chi connectivity index (χ1n) is 8.63. The van der Waals surface area contributed by atoms with E-state index >= 15 is 0 Å². The summed E-state index contributed by atoms with van der Waals surface area (Å²) >= 11 is 0. The van der Waals surface area contributed by atoms with E-state index in [2.05, 4.69) is 25.7 Å². The van der Waals surface area contributed by atoms with Crippen molar-refractivity contribution in [2.45, 2.75) is 90.3 Å². The highest BCUT2D eigenvalue weighted by Gasteiger charge is 2.32. The van der Waals surface area contributed by atoms with Crippen LogP contribution in [0.1, 0.15) is 72.1 Å². The summed E-state index contributed by atoms with van der Waals surface area (Å²) in [5.74, 6) is 1.82. The van der Waals surface area contributed by atoms with Crippen LogP contribution in [0.4, 0.5) is 0 Å². The van der Waals surface area contributed by atoms with E-state index in [0.717, 1.165) is 23.9 Å². The topological polar surface area (TPSA) is 29.3 Å². The molecule has 2 saturated carbocycles. The monoisotopic (exact) mass is 266 g/mol. The predicted molar refractivity (Wildman–Crippen MR) is 83.2 cm³/mol. The molecule has 0 aromatic rings. The van der Waals surface area contributed by atoms with E-state index in [-0.39, 0.29) is 0 Å². The van der Waals surface area contributed by atoms with Crippen molar-refractivity contribution in [2.75, 3.05) is 6.54 Å². The second kappa shape index (κ2) is 7.08. The van der Waals surface area contributed by atoms with Gasteiger partial charge in [0.1, 0.15) is 0 Å². The Hall–Kier alpha value is -0.0800. The van der Waals surface area contributed by atoms with Gasteiger partial charge >= 0.3 is 0 Å². The minimum Gasteiger partial charge on any atom is -0.328 e. The minimum atomic E-state index is 0.477. The van der Waals surface area contributed by atoms with Crippen LogP contribution < -0.4 is 5.73 Å². The Bertz CT molecular complexity index is 256. The van der Waals surface area contributed by atoms with Crippen molar-refractivity contribution in [3.63, 3.8) is 0 Å². The average Bonchev–Trinajstić information content (AvgIpc) is 2.42. The first kappa shape index (κ1) is 15.3. The molecular formula is C17H34N2. The molecule has 0 radical (unpaired) electrons. The number of rotatable bonds is 4. The van der Waals surface area contributed by atoms with Gasteiger partial charge in [-0.25, -0.2) is 0 Å². The van der Waals surface area contributed by atoms with E-state index in [4.69, 9.17) is 5.73 Å². The fraction of sp³-hybridized carbons (Fsp3) is 1.00. The van der Waals surface area contributed by atoms with Crippen LogP contribution >= 0.6 is 0 Å². The molecule has 2 rings (SSSR count). The highest BCUT2D eigenvalue weighted by Crippen LogP contribution is 2.35. The van der Waals surface area contributed by atoms with Gasteiger partial charge in [0.05, 0.1) is 0 Å². The number of nitrogens with zero attached hydrogens (tertiary/aromatic N) is 1. The third-order valence-corrected chi connectivity index (χ3v) is 5.67. The molecule has 2 fully saturated rings. The van der Waals surface area contributed by atoms with E-state index in [9.17, 15) is 0 Å². The molecule has 19 heavy (non-hydrogen) atoms. The molecule has 0 heterocycles. The van der Waals surface area contributed by atoms with Gasteiger partial charge < -0.3 is 5.73 Å². The smallest absolute Gasteiger partial charge is 0.0101 e. The van der Waals surface area contributed by atoms with Crippen LogP contribution in [-0.4, -0.2) is 29.6 Å². The highest BCUT2D eigenvalue weighted by atomic mass is 15.2. The van der Waals surface area contributed by atoms with E-state index < -0.39 is 0 Å². The maximum atomic E-state index is 6.06. The lowest BCUT2D eigenvalue weighted by molar-refractivity contribution is 0.0602. The van der Waals surface area contributed by atoms with Crippen molar-refractivity contribution in [3.05, 3.63) is 0 Å². The zero-order valence-electron chi connectivity index (χ0n) is 13.3. The van der Waals surface area contributed by atoms with Gasteiger partial charge in [0.15, 0.2) is 0 Å². The zero-order chi connectivity index (χ0) is 13.8. The van der Waals surface area contributed by atoms with Gasteiger partial charge in [-0.2, -0.15) is 0 Å². The Kier molecular flexibility index (Phi) is 5.70. The van der Waals surface area contributed by atoms with Crippen LogP contribution in [0.25, 0.3) is 0 Å².